The van der Waals surface area contributed by atoms with Gasteiger partial charge in [-0.25, -0.2) is 8.78 Å². The minimum absolute atomic E-state index is 0.0250. The van der Waals surface area contributed by atoms with Gasteiger partial charge in [0.25, 0.3) is 0 Å². The van der Waals surface area contributed by atoms with Crippen LogP contribution in [0.15, 0.2) is 312 Å². The summed E-state index contributed by atoms with van der Waals surface area (Å²) in [5.41, 5.74) is 15.5. The van der Waals surface area contributed by atoms with Gasteiger partial charge in [-0.2, -0.15) is 0 Å². The number of hydrogen-bond acceptors (Lipinski definition) is 5. The van der Waals surface area contributed by atoms with E-state index >= 15 is 8.78 Å². The van der Waals surface area contributed by atoms with Crippen LogP contribution in [0.4, 0.5) is 31.5 Å². The Bertz CT molecular complexity index is 4660. The summed E-state index contributed by atoms with van der Waals surface area (Å²) < 4.78 is 51.8. The topological polar surface area (TPSA) is 38.1 Å². The molecule has 0 bridgehead atoms. The van der Waals surface area contributed by atoms with Crippen molar-refractivity contribution in [2.45, 2.75) is 137 Å². The maximum Gasteiger partial charge on any atom is 0.137 e. The Morgan fingerprint density at radius 3 is 1.93 bits per heavy atom. The molecule has 11 aliphatic carbocycles. The van der Waals surface area contributed by atoms with Gasteiger partial charge >= 0.3 is 0 Å². The highest BCUT2D eigenvalue weighted by Crippen LogP contribution is 2.66. The highest BCUT2D eigenvalue weighted by Gasteiger charge is 2.58. The Labute approximate surface area is 570 Å². The monoisotopic (exact) mass is 1280 g/mol. The van der Waals surface area contributed by atoms with Crippen molar-refractivity contribution < 1.29 is 22.7 Å². The number of ether oxygens (including phenoxy) is 2. The number of furan rings is 1. The van der Waals surface area contributed by atoms with Crippen LogP contribution in [0.2, 0.25) is 0 Å². The van der Waals surface area contributed by atoms with Crippen LogP contribution in [0.1, 0.15) is 130 Å². The number of allylic oxidation sites excluding steroid dienone is 24. The van der Waals surface area contributed by atoms with E-state index in [0.29, 0.717) is 30.6 Å². The summed E-state index contributed by atoms with van der Waals surface area (Å²) in [5, 5.41) is 1.94. The average molecular weight is 1280 g/mol. The Kier molecular flexibility index (Phi) is 16.2. The van der Waals surface area contributed by atoms with E-state index in [1.807, 2.05) is 18.2 Å². The molecular weight excluding hydrogens is 1190 g/mol. The van der Waals surface area contributed by atoms with E-state index in [-0.39, 0.29) is 59.1 Å². The fourth-order valence-electron chi connectivity index (χ4n) is 19.2. The van der Waals surface area contributed by atoms with Gasteiger partial charge in [0.05, 0.1) is 51.9 Å². The van der Waals surface area contributed by atoms with E-state index < -0.39 is 5.41 Å². The highest BCUT2D eigenvalue weighted by atomic mass is 19.1. The molecule has 5 aromatic carbocycles. The number of anilines is 4. The molecule has 0 spiro atoms. The normalized spacial score (nSPS) is 29.7. The lowest BCUT2D eigenvalue weighted by Gasteiger charge is -2.48. The van der Waals surface area contributed by atoms with E-state index in [0.717, 1.165) is 133 Å². The van der Waals surface area contributed by atoms with Crippen molar-refractivity contribution in [3.8, 4) is 0 Å². The molecule has 0 saturated heterocycles. The van der Waals surface area contributed by atoms with Gasteiger partial charge in [-0.15, -0.1) is 6.58 Å². The van der Waals surface area contributed by atoms with E-state index in [9.17, 15) is 0 Å². The molecule has 12 unspecified atom stereocenters. The van der Waals surface area contributed by atoms with Crippen LogP contribution < -0.4 is 9.80 Å². The first-order valence-corrected chi connectivity index (χ1v) is 35.8. The Morgan fingerprint density at radius 1 is 0.567 bits per heavy atom. The van der Waals surface area contributed by atoms with Crippen molar-refractivity contribution in [2.75, 3.05) is 9.80 Å². The molecule has 12 atom stereocenters. The Morgan fingerprint density at radius 2 is 1.30 bits per heavy atom. The van der Waals surface area contributed by atoms with E-state index in [2.05, 4.69) is 235 Å². The minimum atomic E-state index is -0.562. The summed E-state index contributed by atoms with van der Waals surface area (Å²) in [6.45, 7) is 8.05. The predicted octanol–water partition coefficient (Wildman–Crippen LogP) is 23.2. The SMILES string of the molecule is C=CC1=CCC(OC2C=CC(C3(c4ccccc4)c4cc(N(c5cccc6oc7cccc(N(c8ccc9c(c8)C(C8=CC=C(OC%10=CCC(C=C)C=C%10)CC8)(C8CC=CCC8)C8CCC=CC98)C8C=CC(F)=CC8)c7c56)C5C=CC(F)=CC5)ccc4C4C=CC=CC43)=CC2)CC1. The van der Waals surface area contributed by atoms with Crippen LogP contribution in [0.3, 0.4) is 0 Å². The molecule has 0 radical (unpaired) electrons. The smallest absolute Gasteiger partial charge is 0.137 e. The second kappa shape index (κ2) is 25.6. The van der Waals surface area contributed by atoms with Gasteiger partial charge < -0.3 is 23.7 Å². The third-order valence-electron chi connectivity index (χ3n) is 23.6. The Balaban J connectivity index is 0.822. The molecule has 6 aromatic rings. The first-order valence-electron chi connectivity index (χ1n) is 35.8. The molecular formula is C90H84F2N2O3. The molecule has 11 aliphatic rings. The lowest BCUT2D eigenvalue weighted by atomic mass is 9.55. The summed E-state index contributed by atoms with van der Waals surface area (Å²) >= 11 is 0. The Hall–Kier alpha value is -9.30. The van der Waals surface area contributed by atoms with Crippen LogP contribution in [0.25, 0.3) is 21.9 Å². The van der Waals surface area contributed by atoms with Crippen LogP contribution in [0, 0.1) is 23.7 Å². The summed E-state index contributed by atoms with van der Waals surface area (Å²) in [6.07, 6.45) is 67.3. The molecule has 1 aromatic heterocycles. The lowest BCUT2D eigenvalue weighted by Crippen LogP contribution is -2.43. The molecule has 486 valence electrons. The van der Waals surface area contributed by atoms with Gasteiger partial charge in [0, 0.05) is 41.0 Å². The second-order valence-electron chi connectivity index (χ2n) is 28.5. The van der Waals surface area contributed by atoms with Gasteiger partial charge in [-0.1, -0.05) is 182 Å². The maximum atomic E-state index is 15.6. The summed E-state index contributed by atoms with van der Waals surface area (Å²) in [7, 11) is 0. The van der Waals surface area contributed by atoms with Gasteiger partial charge in [0.15, 0.2) is 0 Å². The van der Waals surface area contributed by atoms with Gasteiger partial charge in [0.1, 0.15) is 34.3 Å². The molecule has 5 nitrogen and oxygen atoms in total. The number of benzene rings is 5. The van der Waals surface area contributed by atoms with Crippen LogP contribution in [0.5, 0.6) is 0 Å². The van der Waals surface area contributed by atoms with Gasteiger partial charge in [0.2, 0.25) is 0 Å². The summed E-state index contributed by atoms with van der Waals surface area (Å²) in [6, 6.07) is 38.1. The van der Waals surface area contributed by atoms with E-state index in [4.69, 9.17) is 13.9 Å². The first-order chi connectivity index (χ1) is 47.8. The molecule has 0 aliphatic heterocycles. The third kappa shape index (κ3) is 10.6. The van der Waals surface area contributed by atoms with Crippen molar-refractivity contribution in [1.29, 1.82) is 0 Å². The highest BCUT2D eigenvalue weighted by molar-refractivity contribution is 6.18. The average Bonchev–Trinajstić information content (AvgIpc) is 1.56. The number of fused-ring (bicyclic) bond motifs is 9. The summed E-state index contributed by atoms with van der Waals surface area (Å²) in [4.78, 5) is 4.94. The zero-order chi connectivity index (χ0) is 65.2. The van der Waals surface area contributed by atoms with E-state index in [1.54, 1.807) is 24.3 Å². The van der Waals surface area contributed by atoms with Gasteiger partial charge in [-0.3, -0.25) is 0 Å². The minimum Gasteiger partial charge on any atom is -0.462 e. The molecule has 1 heterocycles. The molecule has 0 N–H and O–H groups in total. The quantitative estimate of drug-likeness (QED) is 0.0903. The summed E-state index contributed by atoms with van der Waals surface area (Å²) in [5.74, 6) is 3.08. The standard InChI is InChI=1S/C90H84F2N2O3/c1-3-59-29-47-71(48-30-59)95-73-51-33-63(34-52-73)89(61-17-7-5-8-18-61)79-23-13-11-21-75(79)77-55-45-69(57-81(77)89)93(67-41-37-65(91)38-42-67)83-25-15-27-85-87(83)88-84(26-16-28-86(88)97-85)94(68-43-39-66(92)40-44-68)70-46-56-78-76-22-12-14-24-80(76)90(82(78)58-70,62-19-9-6-10-20-62)64-35-53-74(54-36-64)96-72-49-31-60(4-2)32-50-72/h3-9,11-13,15-18,21-23,25-29,31,33-35,37-41,43,45-46,49-51,53,55-58,60,62,67-68,71,73,75-76,79-80H,1-2,10,14,19-20,24,30,32,36,42,44,47-48,52,54H2. The van der Waals surface area contributed by atoms with Crippen molar-refractivity contribution in [1.82, 2.24) is 0 Å². The second-order valence-corrected chi connectivity index (χ2v) is 28.5. The van der Waals surface area contributed by atoms with Crippen molar-refractivity contribution in [3.63, 3.8) is 0 Å². The van der Waals surface area contributed by atoms with Crippen molar-refractivity contribution in [3.05, 3.63) is 336 Å². The zero-order valence-electron chi connectivity index (χ0n) is 55.2. The van der Waals surface area contributed by atoms with Crippen LogP contribution in [-0.4, -0.2) is 24.3 Å². The molecule has 97 heavy (non-hydrogen) atoms. The maximum absolute atomic E-state index is 15.6. The zero-order valence-corrected chi connectivity index (χ0v) is 55.2. The number of nitrogens with zero attached hydrogens (tertiary/aromatic N) is 2. The largest absolute Gasteiger partial charge is 0.462 e. The van der Waals surface area contributed by atoms with E-state index in [1.165, 1.54) is 44.5 Å². The van der Waals surface area contributed by atoms with Crippen molar-refractivity contribution >= 4 is 44.7 Å². The van der Waals surface area contributed by atoms with Crippen LogP contribution >= 0.6 is 0 Å². The fraction of sp³-hybridized carbons (Fsp3) is 0.289. The predicted molar refractivity (Wildman–Crippen MR) is 393 cm³/mol. The number of hydrogen-bond donors (Lipinski definition) is 0. The van der Waals surface area contributed by atoms with Crippen molar-refractivity contribution in [2.24, 2.45) is 23.7 Å². The number of halogens is 2. The molecule has 0 amide bonds. The number of rotatable bonds is 16. The third-order valence-corrected chi connectivity index (χ3v) is 23.6. The molecule has 0 saturated carbocycles. The molecule has 17 rings (SSSR count). The van der Waals surface area contributed by atoms with Crippen LogP contribution in [-0.2, 0) is 20.3 Å². The fourth-order valence-corrected chi connectivity index (χ4v) is 19.2. The molecule has 7 heteroatoms. The van der Waals surface area contributed by atoms with Gasteiger partial charge in [-0.05, 0) is 226 Å². The first kappa shape index (κ1) is 61.3. The molecule has 0 fully saturated rings. The lowest BCUT2D eigenvalue weighted by molar-refractivity contribution is 0.00902.